The molecule has 0 saturated carbocycles. The van der Waals surface area contributed by atoms with Gasteiger partial charge in [-0.05, 0) is 48.9 Å². The van der Waals surface area contributed by atoms with Crippen LogP contribution in [0.25, 0.3) is 11.1 Å². The van der Waals surface area contributed by atoms with Gasteiger partial charge in [0.15, 0.2) is 0 Å². The van der Waals surface area contributed by atoms with Gasteiger partial charge in [0.05, 0.1) is 11.6 Å². The van der Waals surface area contributed by atoms with Crippen molar-refractivity contribution >= 4 is 0 Å². The van der Waals surface area contributed by atoms with Crippen molar-refractivity contribution in [1.82, 2.24) is 5.32 Å². The van der Waals surface area contributed by atoms with Gasteiger partial charge in [-0.15, -0.1) is 0 Å². The molecule has 0 aliphatic rings. The number of halogens is 1. The van der Waals surface area contributed by atoms with Gasteiger partial charge in [-0.2, -0.15) is 5.26 Å². The van der Waals surface area contributed by atoms with Gasteiger partial charge in [0.2, 0.25) is 0 Å². The minimum absolute atomic E-state index is 0.340. The van der Waals surface area contributed by atoms with Crippen molar-refractivity contribution in [2.75, 3.05) is 7.05 Å². The van der Waals surface area contributed by atoms with E-state index < -0.39 is 0 Å². The van der Waals surface area contributed by atoms with Gasteiger partial charge in [-0.25, -0.2) is 4.39 Å². The van der Waals surface area contributed by atoms with Crippen molar-refractivity contribution in [3.8, 4) is 17.2 Å². The standard InChI is InChI=1S/C16H15FN2/c1-11-3-4-13(10-19-2)16(5-11)14-6-12(9-18)7-15(17)8-14/h3-8,19H,10H2,1-2H3. The predicted molar refractivity (Wildman–Crippen MR) is 74.1 cm³/mol. The Kier molecular flexibility index (Phi) is 3.94. The maximum Gasteiger partial charge on any atom is 0.125 e. The van der Waals surface area contributed by atoms with Crippen LogP contribution in [0.4, 0.5) is 4.39 Å². The molecule has 2 nitrogen and oxygen atoms in total. The molecule has 0 radical (unpaired) electrons. The van der Waals surface area contributed by atoms with Crippen molar-refractivity contribution in [3.63, 3.8) is 0 Å². The summed E-state index contributed by atoms with van der Waals surface area (Å²) in [6.45, 7) is 2.70. The van der Waals surface area contributed by atoms with Gasteiger partial charge in [-0.3, -0.25) is 0 Å². The van der Waals surface area contributed by atoms with Crippen LogP contribution >= 0.6 is 0 Å². The molecule has 0 fully saturated rings. The van der Waals surface area contributed by atoms with E-state index in [2.05, 4.69) is 5.32 Å². The molecular weight excluding hydrogens is 239 g/mol. The Morgan fingerprint density at radius 2 is 2.00 bits per heavy atom. The third-order valence-corrected chi connectivity index (χ3v) is 2.97. The van der Waals surface area contributed by atoms with Crippen LogP contribution in [-0.2, 0) is 6.54 Å². The molecule has 0 bridgehead atoms. The summed E-state index contributed by atoms with van der Waals surface area (Å²) in [5, 5.41) is 12.0. The Morgan fingerprint density at radius 1 is 1.21 bits per heavy atom. The molecule has 0 amide bonds. The second-order valence-corrected chi connectivity index (χ2v) is 4.53. The van der Waals surface area contributed by atoms with Crippen LogP contribution in [0.3, 0.4) is 0 Å². The van der Waals surface area contributed by atoms with Crippen LogP contribution in [-0.4, -0.2) is 7.05 Å². The number of nitrogens with zero attached hydrogens (tertiary/aromatic N) is 1. The normalized spacial score (nSPS) is 10.2. The molecule has 0 aromatic heterocycles. The van der Waals surface area contributed by atoms with Crippen LogP contribution in [0.2, 0.25) is 0 Å². The van der Waals surface area contributed by atoms with Crippen LogP contribution < -0.4 is 5.32 Å². The minimum Gasteiger partial charge on any atom is -0.316 e. The molecule has 3 heteroatoms. The number of benzene rings is 2. The van der Waals surface area contributed by atoms with E-state index in [0.717, 1.165) is 22.3 Å². The molecule has 0 saturated heterocycles. The van der Waals surface area contributed by atoms with E-state index in [4.69, 9.17) is 5.26 Å². The highest BCUT2D eigenvalue weighted by Gasteiger charge is 2.08. The number of nitriles is 1. The largest absolute Gasteiger partial charge is 0.316 e. The highest BCUT2D eigenvalue weighted by Crippen LogP contribution is 2.27. The zero-order chi connectivity index (χ0) is 13.8. The molecule has 0 atom stereocenters. The van der Waals surface area contributed by atoms with E-state index in [1.807, 2.05) is 38.2 Å². The monoisotopic (exact) mass is 254 g/mol. The molecule has 0 heterocycles. The summed E-state index contributed by atoms with van der Waals surface area (Å²) in [7, 11) is 1.87. The summed E-state index contributed by atoms with van der Waals surface area (Å²) < 4.78 is 13.6. The van der Waals surface area contributed by atoms with Crippen molar-refractivity contribution in [2.45, 2.75) is 13.5 Å². The Labute approximate surface area is 112 Å². The molecule has 0 aliphatic carbocycles. The second-order valence-electron chi connectivity index (χ2n) is 4.53. The SMILES string of the molecule is CNCc1ccc(C)cc1-c1cc(F)cc(C#N)c1. The molecule has 2 aromatic rings. The first-order valence-electron chi connectivity index (χ1n) is 6.09. The lowest BCUT2D eigenvalue weighted by Gasteiger charge is -2.11. The Morgan fingerprint density at radius 3 is 2.68 bits per heavy atom. The average molecular weight is 254 g/mol. The first-order chi connectivity index (χ1) is 9.13. The van der Waals surface area contributed by atoms with Gasteiger partial charge in [0.1, 0.15) is 5.82 Å². The van der Waals surface area contributed by atoms with E-state index in [0.29, 0.717) is 12.1 Å². The minimum atomic E-state index is -0.383. The smallest absolute Gasteiger partial charge is 0.125 e. The molecule has 2 aromatic carbocycles. The Balaban J connectivity index is 2.60. The van der Waals surface area contributed by atoms with Gasteiger partial charge in [-0.1, -0.05) is 23.8 Å². The van der Waals surface area contributed by atoms with E-state index in [1.165, 1.54) is 12.1 Å². The first-order valence-corrected chi connectivity index (χ1v) is 6.09. The zero-order valence-electron chi connectivity index (χ0n) is 11.0. The van der Waals surface area contributed by atoms with Crippen molar-refractivity contribution in [2.24, 2.45) is 0 Å². The van der Waals surface area contributed by atoms with Crippen LogP contribution in [0.1, 0.15) is 16.7 Å². The number of hydrogen-bond acceptors (Lipinski definition) is 2. The van der Waals surface area contributed by atoms with Gasteiger partial charge < -0.3 is 5.32 Å². The summed E-state index contributed by atoms with van der Waals surface area (Å²) >= 11 is 0. The Hall–Kier alpha value is -2.18. The molecule has 2 rings (SSSR count). The molecule has 19 heavy (non-hydrogen) atoms. The predicted octanol–water partition coefficient (Wildman–Crippen LogP) is 3.39. The lowest BCUT2D eigenvalue weighted by Crippen LogP contribution is -2.06. The first kappa shape index (κ1) is 13.3. The lowest BCUT2D eigenvalue weighted by molar-refractivity contribution is 0.628. The number of aryl methyl sites for hydroxylation is 1. The van der Waals surface area contributed by atoms with Crippen LogP contribution in [0.5, 0.6) is 0 Å². The fraction of sp³-hybridized carbons (Fsp3) is 0.188. The summed E-state index contributed by atoms with van der Waals surface area (Å²) in [4.78, 5) is 0. The van der Waals surface area contributed by atoms with Crippen LogP contribution in [0, 0.1) is 24.1 Å². The summed E-state index contributed by atoms with van der Waals surface area (Å²) in [6.07, 6.45) is 0. The third kappa shape index (κ3) is 2.98. The summed E-state index contributed by atoms with van der Waals surface area (Å²) in [5.74, 6) is -0.383. The van der Waals surface area contributed by atoms with Crippen molar-refractivity contribution in [3.05, 3.63) is 58.9 Å². The molecule has 0 unspecified atom stereocenters. The van der Waals surface area contributed by atoms with Crippen LogP contribution in [0.15, 0.2) is 36.4 Å². The molecule has 96 valence electrons. The van der Waals surface area contributed by atoms with Crippen molar-refractivity contribution < 1.29 is 4.39 Å². The van der Waals surface area contributed by atoms with E-state index >= 15 is 0 Å². The summed E-state index contributed by atoms with van der Waals surface area (Å²) in [5.41, 5.74) is 4.24. The van der Waals surface area contributed by atoms with E-state index in [1.54, 1.807) is 6.07 Å². The van der Waals surface area contributed by atoms with Crippen molar-refractivity contribution in [1.29, 1.82) is 5.26 Å². The highest BCUT2D eigenvalue weighted by molar-refractivity contribution is 5.69. The quantitative estimate of drug-likeness (QED) is 0.911. The number of nitrogens with one attached hydrogen (secondary N) is 1. The zero-order valence-corrected chi connectivity index (χ0v) is 11.0. The van der Waals surface area contributed by atoms with Gasteiger partial charge in [0.25, 0.3) is 0 Å². The Bertz CT molecular complexity index is 642. The van der Waals surface area contributed by atoms with Gasteiger partial charge in [0, 0.05) is 6.54 Å². The molecule has 1 N–H and O–H groups in total. The van der Waals surface area contributed by atoms with Gasteiger partial charge >= 0.3 is 0 Å². The maximum atomic E-state index is 13.6. The second kappa shape index (κ2) is 5.64. The fourth-order valence-corrected chi connectivity index (χ4v) is 2.11. The number of rotatable bonds is 3. The highest BCUT2D eigenvalue weighted by atomic mass is 19.1. The molecule has 0 aliphatic heterocycles. The maximum absolute atomic E-state index is 13.6. The average Bonchev–Trinajstić information content (AvgIpc) is 2.40. The molecular formula is C16H15FN2. The fourth-order valence-electron chi connectivity index (χ4n) is 2.11. The molecule has 0 spiro atoms. The topological polar surface area (TPSA) is 35.8 Å². The lowest BCUT2D eigenvalue weighted by atomic mass is 9.96. The van der Waals surface area contributed by atoms with E-state index in [-0.39, 0.29) is 5.82 Å². The number of hydrogen-bond donors (Lipinski definition) is 1. The third-order valence-electron chi connectivity index (χ3n) is 2.97. The van der Waals surface area contributed by atoms with E-state index in [9.17, 15) is 4.39 Å². The summed E-state index contributed by atoms with van der Waals surface area (Å²) in [6, 6.07) is 12.5.